The highest BCUT2D eigenvalue weighted by molar-refractivity contribution is 7.89. The molecule has 0 bridgehead atoms. The van der Waals surface area contributed by atoms with E-state index in [0.717, 1.165) is 5.56 Å². The van der Waals surface area contributed by atoms with Crippen LogP contribution in [0.25, 0.3) is 0 Å². The van der Waals surface area contributed by atoms with Gasteiger partial charge in [0.15, 0.2) is 6.29 Å². The van der Waals surface area contributed by atoms with Crippen LogP contribution >= 0.6 is 0 Å². The highest BCUT2D eigenvalue weighted by atomic mass is 32.2. The van der Waals surface area contributed by atoms with Crippen LogP contribution in [0.5, 0.6) is 5.75 Å². The number of ether oxygens (including phenoxy) is 4. The van der Waals surface area contributed by atoms with Gasteiger partial charge in [-0.3, -0.25) is 4.79 Å². The lowest BCUT2D eigenvalue weighted by atomic mass is 9.90. The zero-order valence-electron chi connectivity index (χ0n) is 23.8. The number of hydrogen-bond acceptors (Lipinski definition) is 9. The minimum Gasteiger partial charge on any atom is -0.497 e. The van der Waals surface area contributed by atoms with Gasteiger partial charge in [-0.1, -0.05) is 44.2 Å². The van der Waals surface area contributed by atoms with Crippen LogP contribution in [-0.2, 0) is 35.4 Å². The maximum Gasteiger partial charge on any atom is 0.306 e. The summed E-state index contributed by atoms with van der Waals surface area (Å²) >= 11 is 0. The first-order valence-corrected chi connectivity index (χ1v) is 15.5. The van der Waals surface area contributed by atoms with Crippen molar-refractivity contribution in [3.05, 3.63) is 60.2 Å². The monoisotopic (exact) mass is 591 g/mol. The Morgan fingerprint density at radius 1 is 1.07 bits per heavy atom. The van der Waals surface area contributed by atoms with Crippen LogP contribution in [0.2, 0.25) is 0 Å². The van der Waals surface area contributed by atoms with Crippen molar-refractivity contribution in [1.82, 2.24) is 4.31 Å². The number of carbonyl (C=O) groups excluding carboxylic acids is 1. The van der Waals surface area contributed by atoms with Crippen LogP contribution in [-0.4, -0.2) is 86.9 Å². The molecule has 226 valence electrons. The summed E-state index contributed by atoms with van der Waals surface area (Å²) in [5.41, 5.74) is 0.906. The first-order chi connectivity index (χ1) is 19.6. The molecule has 0 amide bonds. The lowest BCUT2D eigenvalue weighted by molar-refractivity contribution is -0.199. The van der Waals surface area contributed by atoms with Gasteiger partial charge in [-0.25, -0.2) is 8.42 Å². The van der Waals surface area contributed by atoms with Crippen LogP contribution in [0.15, 0.2) is 59.5 Å². The average molecular weight is 592 g/mol. The van der Waals surface area contributed by atoms with Gasteiger partial charge in [0.1, 0.15) is 11.9 Å². The number of aliphatic hydroxyl groups is 2. The molecular weight excluding hydrogens is 550 g/mol. The summed E-state index contributed by atoms with van der Waals surface area (Å²) in [6, 6.07) is 15.6. The van der Waals surface area contributed by atoms with Crippen LogP contribution in [0.4, 0.5) is 0 Å². The highest BCUT2D eigenvalue weighted by Crippen LogP contribution is 2.33. The van der Waals surface area contributed by atoms with Crippen molar-refractivity contribution in [2.45, 2.75) is 62.6 Å². The standard InChI is InChI=1S/C30H41NO9S/c1-20(2)17-31(41(35,36)24-11-9-23(37-3)10-12-24)18-25(32)22(15-21-7-5-4-6-8-21)16-28(34)40-27-13-14-38-30-29(27)26(33)19-39-30/h4-12,20,22,25-27,29-30,32-33H,13-19H2,1-3H3/t22-,25-,26+,27+,29+,30+/m1/s1. The Kier molecular flexibility index (Phi) is 10.8. The van der Waals surface area contributed by atoms with Crippen LogP contribution < -0.4 is 4.74 Å². The summed E-state index contributed by atoms with van der Waals surface area (Å²) in [6.07, 6.45) is -2.48. The summed E-state index contributed by atoms with van der Waals surface area (Å²) in [4.78, 5) is 13.3. The minimum atomic E-state index is -3.94. The van der Waals surface area contributed by atoms with E-state index in [0.29, 0.717) is 25.2 Å². The molecule has 2 aliphatic heterocycles. The average Bonchev–Trinajstić information content (AvgIpc) is 3.34. The Morgan fingerprint density at radius 2 is 1.78 bits per heavy atom. The van der Waals surface area contributed by atoms with Crippen molar-refractivity contribution < 1.29 is 42.4 Å². The van der Waals surface area contributed by atoms with Crippen LogP contribution in [0.3, 0.4) is 0 Å². The molecule has 2 fully saturated rings. The van der Waals surface area contributed by atoms with Crippen molar-refractivity contribution in [2.75, 3.05) is 33.4 Å². The van der Waals surface area contributed by atoms with E-state index in [1.165, 1.54) is 23.5 Å². The summed E-state index contributed by atoms with van der Waals surface area (Å²) in [5, 5.41) is 21.8. The zero-order valence-corrected chi connectivity index (χ0v) is 24.6. The molecule has 10 nitrogen and oxygen atoms in total. The number of carbonyl (C=O) groups is 1. The summed E-state index contributed by atoms with van der Waals surface area (Å²) < 4.78 is 50.5. The Bertz CT molecular complexity index is 1220. The predicted octanol–water partition coefficient (Wildman–Crippen LogP) is 2.62. The lowest BCUT2D eigenvalue weighted by Crippen LogP contribution is -2.45. The van der Waals surface area contributed by atoms with Gasteiger partial charge in [0.05, 0.1) is 49.8 Å². The molecule has 2 saturated heterocycles. The van der Waals surface area contributed by atoms with Crippen molar-refractivity contribution in [3.8, 4) is 5.75 Å². The molecule has 41 heavy (non-hydrogen) atoms. The van der Waals surface area contributed by atoms with Crippen LogP contribution in [0, 0.1) is 17.8 Å². The molecule has 0 unspecified atom stereocenters. The topological polar surface area (TPSA) is 132 Å². The molecular formula is C30H41NO9S. The fraction of sp³-hybridized carbons (Fsp3) is 0.567. The number of fused-ring (bicyclic) bond motifs is 1. The highest BCUT2D eigenvalue weighted by Gasteiger charge is 2.47. The van der Waals surface area contributed by atoms with E-state index in [-0.39, 0.29) is 36.9 Å². The molecule has 2 aromatic carbocycles. The van der Waals surface area contributed by atoms with E-state index in [1.807, 2.05) is 44.2 Å². The second-order valence-electron chi connectivity index (χ2n) is 11.1. The molecule has 0 saturated carbocycles. The molecule has 0 aliphatic carbocycles. The first-order valence-electron chi connectivity index (χ1n) is 14.1. The fourth-order valence-electron chi connectivity index (χ4n) is 5.43. The minimum absolute atomic E-state index is 0.00529. The van der Waals surface area contributed by atoms with Gasteiger partial charge in [-0.2, -0.15) is 4.31 Å². The molecule has 6 atom stereocenters. The molecule has 11 heteroatoms. The van der Waals surface area contributed by atoms with E-state index in [1.54, 1.807) is 12.1 Å². The third kappa shape index (κ3) is 8.06. The Hall–Kier alpha value is -2.54. The van der Waals surface area contributed by atoms with E-state index in [2.05, 4.69) is 0 Å². The van der Waals surface area contributed by atoms with Crippen molar-refractivity contribution in [3.63, 3.8) is 0 Å². The Balaban J connectivity index is 1.52. The molecule has 2 aliphatic rings. The third-order valence-corrected chi connectivity index (χ3v) is 9.40. The maximum absolute atomic E-state index is 13.6. The smallest absolute Gasteiger partial charge is 0.306 e. The van der Waals surface area contributed by atoms with Gasteiger partial charge in [0.2, 0.25) is 10.0 Å². The number of benzene rings is 2. The zero-order chi connectivity index (χ0) is 29.6. The fourth-order valence-corrected chi connectivity index (χ4v) is 7.06. The predicted molar refractivity (Wildman–Crippen MR) is 151 cm³/mol. The van der Waals surface area contributed by atoms with E-state index in [9.17, 15) is 23.4 Å². The van der Waals surface area contributed by atoms with E-state index >= 15 is 0 Å². The quantitative estimate of drug-likeness (QED) is 0.338. The van der Waals surface area contributed by atoms with Gasteiger partial charge >= 0.3 is 5.97 Å². The number of rotatable bonds is 13. The Labute approximate surface area is 242 Å². The number of aliphatic hydroxyl groups excluding tert-OH is 2. The first kappa shape index (κ1) is 31.4. The molecule has 2 N–H and O–H groups in total. The lowest BCUT2D eigenvalue weighted by Gasteiger charge is -2.34. The second-order valence-corrected chi connectivity index (χ2v) is 13.1. The molecule has 0 radical (unpaired) electrons. The summed E-state index contributed by atoms with van der Waals surface area (Å²) in [7, 11) is -2.44. The van der Waals surface area contributed by atoms with Crippen molar-refractivity contribution >= 4 is 16.0 Å². The summed E-state index contributed by atoms with van der Waals surface area (Å²) in [6.45, 7) is 4.28. The number of hydrogen-bond donors (Lipinski definition) is 2. The molecule has 4 rings (SSSR count). The number of methoxy groups -OCH3 is 1. The largest absolute Gasteiger partial charge is 0.497 e. The van der Waals surface area contributed by atoms with Crippen LogP contribution in [0.1, 0.15) is 32.3 Å². The van der Waals surface area contributed by atoms with Crippen molar-refractivity contribution in [2.24, 2.45) is 17.8 Å². The summed E-state index contributed by atoms with van der Waals surface area (Å²) in [5.74, 6) is -1.09. The van der Waals surface area contributed by atoms with Gasteiger partial charge in [-0.05, 0) is 42.2 Å². The van der Waals surface area contributed by atoms with E-state index in [4.69, 9.17) is 18.9 Å². The van der Waals surface area contributed by atoms with Gasteiger partial charge in [-0.15, -0.1) is 0 Å². The molecule has 0 spiro atoms. The van der Waals surface area contributed by atoms with Gasteiger partial charge in [0, 0.05) is 25.4 Å². The van der Waals surface area contributed by atoms with E-state index < -0.39 is 52.4 Å². The molecule has 2 aromatic rings. The Morgan fingerprint density at radius 3 is 2.44 bits per heavy atom. The molecule has 2 heterocycles. The number of nitrogens with zero attached hydrogens (tertiary/aromatic N) is 1. The third-order valence-electron chi connectivity index (χ3n) is 7.56. The second kappa shape index (κ2) is 14.1. The van der Waals surface area contributed by atoms with Crippen molar-refractivity contribution in [1.29, 1.82) is 0 Å². The van der Waals surface area contributed by atoms with Gasteiger partial charge < -0.3 is 29.2 Å². The SMILES string of the molecule is COc1ccc(S(=O)(=O)N(CC(C)C)C[C@@H](O)[C@@H](CC(=O)O[C@H]2CCO[C@H]3OC[C@H](O)[C@H]32)Cc2ccccc2)cc1. The van der Waals surface area contributed by atoms with Gasteiger partial charge in [0.25, 0.3) is 0 Å². The maximum atomic E-state index is 13.6. The molecule has 0 aromatic heterocycles. The number of esters is 1. The normalized spacial score (nSPS) is 24.2. The number of sulfonamides is 1.